The number of aromatic nitrogens is 2. The van der Waals surface area contributed by atoms with Crippen molar-refractivity contribution in [2.75, 3.05) is 6.61 Å². The van der Waals surface area contributed by atoms with Crippen LogP contribution in [0.5, 0.6) is 0 Å². The highest BCUT2D eigenvalue weighted by atomic mass is 16.5. The van der Waals surface area contributed by atoms with Crippen LogP contribution in [-0.2, 0) is 21.5 Å². The van der Waals surface area contributed by atoms with Crippen LogP contribution in [-0.4, -0.2) is 22.4 Å². The maximum absolute atomic E-state index is 11.2. The van der Waals surface area contributed by atoms with Crippen molar-refractivity contribution in [2.45, 2.75) is 47.1 Å². The largest absolute Gasteiger partial charge is 0.465 e. The molecule has 0 amide bonds. The Labute approximate surface area is 97.6 Å². The molecule has 1 heterocycles. The van der Waals surface area contributed by atoms with Crippen LogP contribution >= 0.6 is 0 Å². The average Bonchev–Trinajstić information content (AvgIpc) is 2.52. The van der Waals surface area contributed by atoms with E-state index >= 15 is 0 Å². The molecule has 4 nitrogen and oxygen atoms in total. The summed E-state index contributed by atoms with van der Waals surface area (Å²) >= 11 is 0. The van der Waals surface area contributed by atoms with E-state index in [2.05, 4.69) is 25.9 Å². The molecule has 0 aliphatic heterocycles. The third-order valence-electron chi connectivity index (χ3n) is 2.01. The number of ether oxygens (including phenoxy) is 1. The van der Waals surface area contributed by atoms with Gasteiger partial charge in [-0.15, -0.1) is 0 Å². The molecule has 16 heavy (non-hydrogen) atoms. The molecule has 0 fully saturated rings. The Hall–Kier alpha value is -1.32. The van der Waals surface area contributed by atoms with Gasteiger partial charge in [-0.2, -0.15) is 5.10 Å². The highest BCUT2D eigenvalue weighted by Crippen LogP contribution is 2.19. The molecule has 0 atom stereocenters. The highest BCUT2D eigenvalue weighted by Gasteiger charge is 2.17. The van der Waals surface area contributed by atoms with E-state index in [1.54, 1.807) is 17.8 Å². The van der Waals surface area contributed by atoms with Crippen LogP contribution in [0.3, 0.4) is 0 Å². The lowest BCUT2D eigenvalue weighted by Gasteiger charge is -2.14. The number of carbonyl (C=O) groups excluding carboxylic acids is 1. The number of hydrogen-bond donors (Lipinski definition) is 0. The maximum atomic E-state index is 11.2. The van der Waals surface area contributed by atoms with E-state index in [0.29, 0.717) is 6.61 Å². The zero-order valence-electron chi connectivity index (χ0n) is 9.78. The molecule has 0 radical (unpaired) electrons. The molecule has 0 saturated carbocycles. The lowest BCUT2D eigenvalue weighted by Crippen LogP contribution is -2.16. The number of rotatable bonds is 3. The maximum Gasteiger partial charge on any atom is 0.327 e. The van der Waals surface area contributed by atoms with E-state index < -0.39 is 0 Å². The van der Waals surface area contributed by atoms with E-state index in [1.807, 2.05) is 6.07 Å². The second-order valence-electron chi connectivity index (χ2n) is 4.45. The van der Waals surface area contributed by atoms with Crippen molar-refractivity contribution in [3.05, 3.63) is 18.0 Å². The monoisotopic (exact) mass is 226 g/mol. The Kier molecular flexibility index (Phi) is 5.21. The lowest BCUT2D eigenvalue weighted by atomic mass is 9.93. The molecule has 0 aromatic carbocycles. The summed E-state index contributed by atoms with van der Waals surface area (Å²) in [4.78, 5) is 11.2. The first-order valence-corrected chi connectivity index (χ1v) is 5.13. The number of carbonyl (C=O) groups is 1. The van der Waals surface area contributed by atoms with Crippen molar-refractivity contribution in [1.29, 1.82) is 0 Å². The zero-order valence-corrected chi connectivity index (χ0v) is 9.78. The van der Waals surface area contributed by atoms with Crippen molar-refractivity contribution < 1.29 is 9.53 Å². The zero-order chi connectivity index (χ0) is 11.5. The fourth-order valence-electron chi connectivity index (χ4n) is 1.19. The number of esters is 1. The van der Waals surface area contributed by atoms with Crippen LogP contribution < -0.4 is 0 Å². The van der Waals surface area contributed by atoms with Crippen LogP contribution in [0, 0.1) is 0 Å². The fourth-order valence-corrected chi connectivity index (χ4v) is 1.19. The second-order valence-corrected chi connectivity index (χ2v) is 4.45. The molecular weight excluding hydrogens is 204 g/mol. The predicted octanol–water partition coefficient (Wildman–Crippen LogP) is 2.38. The second kappa shape index (κ2) is 5.68. The normalized spacial score (nSPS) is 10.8. The first kappa shape index (κ1) is 14.7. The molecule has 0 bridgehead atoms. The summed E-state index contributed by atoms with van der Waals surface area (Å²) in [6.45, 7) is 8.65. The molecule has 0 aliphatic carbocycles. The van der Waals surface area contributed by atoms with Crippen molar-refractivity contribution in [3.8, 4) is 0 Å². The third-order valence-corrected chi connectivity index (χ3v) is 2.01. The Balaban J connectivity index is 0.00000225. The van der Waals surface area contributed by atoms with E-state index in [9.17, 15) is 4.79 Å². The van der Waals surface area contributed by atoms with Gasteiger partial charge in [-0.25, -0.2) is 0 Å². The van der Waals surface area contributed by atoms with Crippen LogP contribution in [0.25, 0.3) is 0 Å². The van der Waals surface area contributed by atoms with E-state index in [4.69, 9.17) is 4.74 Å². The SMILES string of the molecule is C.CCOC(=O)Cn1ccc(C(C)(C)C)n1. The van der Waals surface area contributed by atoms with Crippen molar-refractivity contribution in [2.24, 2.45) is 0 Å². The first-order chi connectivity index (χ1) is 6.93. The number of hydrogen-bond acceptors (Lipinski definition) is 3. The van der Waals surface area contributed by atoms with Gasteiger partial charge in [0.05, 0.1) is 12.3 Å². The predicted molar refractivity (Wildman–Crippen MR) is 64.3 cm³/mol. The van der Waals surface area contributed by atoms with Gasteiger partial charge in [-0.1, -0.05) is 28.2 Å². The minimum Gasteiger partial charge on any atom is -0.465 e. The summed E-state index contributed by atoms with van der Waals surface area (Å²) in [5.41, 5.74) is 0.992. The molecule has 0 unspecified atom stereocenters. The molecule has 1 rings (SSSR count). The van der Waals surface area contributed by atoms with Crippen LogP contribution in [0.4, 0.5) is 0 Å². The van der Waals surface area contributed by atoms with Crippen molar-refractivity contribution in [3.63, 3.8) is 0 Å². The Morgan fingerprint density at radius 1 is 1.50 bits per heavy atom. The lowest BCUT2D eigenvalue weighted by molar-refractivity contribution is -0.144. The van der Waals surface area contributed by atoms with Gasteiger partial charge >= 0.3 is 5.97 Å². The molecule has 0 N–H and O–H groups in total. The fraction of sp³-hybridized carbons (Fsp3) is 0.667. The quantitative estimate of drug-likeness (QED) is 0.743. The van der Waals surface area contributed by atoms with E-state index in [0.717, 1.165) is 5.69 Å². The third kappa shape index (κ3) is 4.04. The summed E-state index contributed by atoms with van der Waals surface area (Å²) < 4.78 is 6.45. The minimum atomic E-state index is -0.249. The van der Waals surface area contributed by atoms with Crippen molar-refractivity contribution >= 4 is 5.97 Å². The molecular formula is C12H22N2O2. The smallest absolute Gasteiger partial charge is 0.327 e. The molecule has 92 valence electrons. The molecule has 1 aromatic heterocycles. The minimum absolute atomic E-state index is 0. The summed E-state index contributed by atoms with van der Waals surface area (Å²) in [5.74, 6) is -0.249. The van der Waals surface area contributed by atoms with Crippen LogP contribution in [0.2, 0.25) is 0 Å². The summed E-state index contributed by atoms with van der Waals surface area (Å²) in [6.07, 6.45) is 1.80. The Morgan fingerprint density at radius 3 is 2.56 bits per heavy atom. The molecule has 4 heteroatoms. The van der Waals surface area contributed by atoms with E-state index in [-0.39, 0.29) is 25.4 Å². The number of nitrogens with zero attached hydrogens (tertiary/aromatic N) is 2. The Bertz CT molecular complexity index is 337. The van der Waals surface area contributed by atoms with Gasteiger partial charge in [0.25, 0.3) is 0 Å². The molecule has 0 saturated heterocycles. The van der Waals surface area contributed by atoms with Gasteiger partial charge < -0.3 is 4.74 Å². The first-order valence-electron chi connectivity index (χ1n) is 5.13. The van der Waals surface area contributed by atoms with Crippen molar-refractivity contribution in [1.82, 2.24) is 9.78 Å². The van der Waals surface area contributed by atoms with Gasteiger partial charge in [0.15, 0.2) is 0 Å². The highest BCUT2D eigenvalue weighted by molar-refractivity contribution is 5.68. The van der Waals surface area contributed by atoms with Crippen LogP contribution in [0.1, 0.15) is 40.8 Å². The molecule has 1 aromatic rings. The van der Waals surface area contributed by atoms with Gasteiger partial charge in [-0.05, 0) is 13.0 Å². The average molecular weight is 226 g/mol. The topological polar surface area (TPSA) is 44.1 Å². The van der Waals surface area contributed by atoms with E-state index in [1.165, 1.54) is 0 Å². The summed E-state index contributed by atoms with van der Waals surface area (Å²) in [6, 6.07) is 1.93. The van der Waals surface area contributed by atoms with Gasteiger partial charge in [0.2, 0.25) is 0 Å². The van der Waals surface area contributed by atoms with Crippen LogP contribution in [0.15, 0.2) is 12.3 Å². The summed E-state index contributed by atoms with van der Waals surface area (Å²) in [7, 11) is 0. The Morgan fingerprint density at radius 2 is 2.12 bits per heavy atom. The molecule has 0 spiro atoms. The van der Waals surface area contributed by atoms with Gasteiger partial charge in [-0.3, -0.25) is 9.48 Å². The molecule has 0 aliphatic rings. The summed E-state index contributed by atoms with van der Waals surface area (Å²) in [5, 5.41) is 4.32. The van der Waals surface area contributed by atoms with Gasteiger partial charge in [0, 0.05) is 11.6 Å². The van der Waals surface area contributed by atoms with Gasteiger partial charge in [0.1, 0.15) is 6.54 Å². The standard InChI is InChI=1S/C11H18N2O2.CH4/c1-5-15-10(14)8-13-7-6-9(12-13)11(2,3)4;/h6-7H,5,8H2,1-4H3;1H4.